The van der Waals surface area contributed by atoms with Crippen LogP contribution in [-0.2, 0) is 16.0 Å². The first-order valence-electron chi connectivity index (χ1n) is 11.3. The van der Waals surface area contributed by atoms with Crippen molar-refractivity contribution in [3.63, 3.8) is 0 Å². The van der Waals surface area contributed by atoms with Gasteiger partial charge in [-0.15, -0.1) is 0 Å². The summed E-state index contributed by atoms with van der Waals surface area (Å²) in [6, 6.07) is 11.0. The number of hydrogen-bond acceptors (Lipinski definition) is 6. The van der Waals surface area contributed by atoms with Gasteiger partial charge in [-0.3, -0.25) is 4.79 Å². The van der Waals surface area contributed by atoms with E-state index in [0.29, 0.717) is 23.6 Å². The van der Waals surface area contributed by atoms with E-state index in [1.54, 1.807) is 24.4 Å². The van der Waals surface area contributed by atoms with Crippen molar-refractivity contribution in [1.29, 1.82) is 0 Å². The fourth-order valence-electron chi connectivity index (χ4n) is 3.90. The predicted octanol–water partition coefficient (Wildman–Crippen LogP) is 3.99. The Morgan fingerprint density at radius 1 is 1.19 bits per heavy atom. The van der Waals surface area contributed by atoms with E-state index in [1.165, 1.54) is 7.11 Å². The molecule has 1 unspecified atom stereocenters. The number of hydrogen-bond donors (Lipinski definition) is 2. The molecule has 0 aliphatic carbocycles. The molecule has 1 amide bonds. The standard InChI is InChI=1S/C25H33N3O4/c1-4-5-20(16-18-6-8-19(9-7-18)23(29)31-3)32-21-10-13-27-22(17-21)28-24(30)25(2)11-14-26-15-12-25/h6-10,13,17,20,26H,4-5,11-12,14-16H2,1-3H3,(H,27,28,30). The summed E-state index contributed by atoms with van der Waals surface area (Å²) in [6.45, 7) is 5.82. The van der Waals surface area contributed by atoms with Crippen molar-refractivity contribution in [2.45, 2.75) is 52.1 Å². The third kappa shape index (κ3) is 6.29. The highest BCUT2D eigenvalue weighted by Crippen LogP contribution is 2.30. The van der Waals surface area contributed by atoms with Crippen LogP contribution in [0.3, 0.4) is 0 Å². The third-order valence-corrected chi connectivity index (χ3v) is 5.98. The number of piperidine rings is 1. The molecule has 1 aromatic carbocycles. The summed E-state index contributed by atoms with van der Waals surface area (Å²) in [6.07, 6.45) is 5.82. The molecule has 32 heavy (non-hydrogen) atoms. The number of methoxy groups -OCH3 is 1. The van der Waals surface area contributed by atoms with Gasteiger partial charge in [-0.05, 0) is 56.1 Å². The minimum Gasteiger partial charge on any atom is -0.490 e. The quantitative estimate of drug-likeness (QED) is 0.575. The van der Waals surface area contributed by atoms with Gasteiger partial charge >= 0.3 is 5.97 Å². The fraction of sp³-hybridized carbons (Fsp3) is 0.480. The average Bonchev–Trinajstić information content (AvgIpc) is 2.80. The Morgan fingerprint density at radius 2 is 1.91 bits per heavy atom. The molecule has 3 rings (SSSR count). The number of rotatable bonds is 9. The summed E-state index contributed by atoms with van der Waals surface area (Å²) >= 11 is 0. The van der Waals surface area contributed by atoms with Gasteiger partial charge < -0.3 is 20.1 Å². The molecular weight excluding hydrogens is 406 g/mol. The summed E-state index contributed by atoms with van der Waals surface area (Å²) in [5, 5.41) is 6.26. The Bertz CT molecular complexity index is 908. The molecule has 2 heterocycles. The van der Waals surface area contributed by atoms with E-state index in [2.05, 4.69) is 22.5 Å². The van der Waals surface area contributed by atoms with E-state index in [1.807, 2.05) is 25.1 Å². The highest BCUT2D eigenvalue weighted by atomic mass is 16.5. The highest BCUT2D eigenvalue weighted by molar-refractivity contribution is 5.94. The van der Waals surface area contributed by atoms with Gasteiger partial charge in [-0.2, -0.15) is 0 Å². The van der Waals surface area contributed by atoms with Crippen molar-refractivity contribution in [2.75, 3.05) is 25.5 Å². The molecule has 0 radical (unpaired) electrons. The predicted molar refractivity (Wildman–Crippen MR) is 124 cm³/mol. The van der Waals surface area contributed by atoms with Crippen LogP contribution in [0.15, 0.2) is 42.6 Å². The lowest BCUT2D eigenvalue weighted by Gasteiger charge is -2.32. The molecule has 1 aliphatic heterocycles. The third-order valence-electron chi connectivity index (χ3n) is 5.98. The van der Waals surface area contributed by atoms with Crippen molar-refractivity contribution in [1.82, 2.24) is 10.3 Å². The highest BCUT2D eigenvalue weighted by Gasteiger charge is 2.34. The van der Waals surface area contributed by atoms with Crippen molar-refractivity contribution < 1.29 is 19.1 Å². The smallest absolute Gasteiger partial charge is 0.337 e. The number of carbonyl (C=O) groups is 2. The first-order chi connectivity index (χ1) is 15.4. The maximum atomic E-state index is 12.8. The number of carbonyl (C=O) groups excluding carboxylic acids is 2. The van der Waals surface area contributed by atoms with Crippen LogP contribution in [0, 0.1) is 5.41 Å². The monoisotopic (exact) mass is 439 g/mol. The summed E-state index contributed by atoms with van der Waals surface area (Å²) < 4.78 is 11.0. The van der Waals surface area contributed by atoms with E-state index in [9.17, 15) is 9.59 Å². The number of nitrogens with one attached hydrogen (secondary N) is 2. The van der Waals surface area contributed by atoms with Crippen molar-refractivity contribution in [2.24, 2.45) is 5.41 Å². The van der Waals surface area contributed by atoms with Crippen molar-refractivity contribution in [3.8, 4) is 5.75 Å². The van der Waals surface area contributed by atoms with E-state index >= 15 is 0 Å². The Hall–Kier alpha value is -2.93. The van der Waals surface area contributed by atoms with Gasteiger partial charge in [0.05, 0.1) is 12.7 Å². The van der Waals surface area contributed by atoms with Crippen LogP contribution in [0.5, 0.6) is 5.75 Å². The zero-order valence-electron chi connectivity index (χ0n) is 19.1. The van der Waals surface area contributed by atoms with Gasteiger partial charge in [0.15, 0.2) is 0 Å². The number of esters is 1. The molecular formula is C25H33N3O4. The molecule has 7 heteroatoms. The van der Waals surface area contributed by atoms with Crippen LogP contribution in [-0.4, -0.2) is 43.2 Å². The summed E-state index contributed by atoms with van der Waals surface area (Å²) in [4.78, 5) is 28.8. The number of pyridine rings is 1. The normalized spacial score (nSPS) is 16.1. The minimum absolute atomic E-state index is 0.000506. The lowest BCUT2D eigenvalue weighted by molar-refractivity contribution is -0.126. The van der Waals surface area contributed by atoms with Gasteiger partial charge in [0.25, 0.3) is 0 Å². The zero-order chi connectivity index (χ0) is 23.0. The van der Waals surface area contributed by atoms with Crippen LogP contribution in [0.2, 0.25) is 0 Å². The van der Waals surface area contributed by atoms with Gasteiger partial charge in [0.1, 0.15) is 17.7 Å². The molecule has 1 atom stereocenters. The number of anilines is 1. The summed E-state index contributed by atoms with van der Waals surface area (Å²) in [7, 11) is 1.37. The van der Waals surface area contributed by atoms with E-state index in [0.717, 1.165) is 44.3 Å². The van der Waals surface area contributed by atoms with Crippen molar-refractivity contribution in [3.05, 3.63) is 53.7 Å². The van der Waals surface area contributed by atoms with Crippen LogP contribution in [0.25, 0.3) is 0 Å². The molecule has 1 aliphatic rings. The first kappa shape index (κ1) is 23.7. The molecule has 2 aromatic rings. The van der Waals surface area contributed by atoms with E-state index in [4.69, 9.17) is 9.47 Å². The maximum absolute atomic E-state index is 12.8. The molecule has 172 valence electrons. The SMILES string of the molecule is CCCC(Cc1ccc(C(=O)OC)cc1)Oc1ccnc(NC(=O)C2(C)CCNCC2)c1. The molecule has 1 fully saturated rings. The summed E-state index contributed by atoms with van der Waals surface area (Å²) in [5.74, 6) is 0.836. The second-order valence-electron chi connectivity index (χ2n) is 8.56. The van der Waals surface area contributed by atoms with Gasteiger partial charge in [-0.25, -0.2) is 9.78 Å². The van der Waals surface area contributed by atoms with Gasteiger partial charge in [0, 0.05) is 24.1 Å². The van der Waals surface area contributed by atoms with Crippen molar-refractivity contribution >= 4 is 17.7 Å². The lowest BCUT2D eigenvalue weighted by atomic mass is 9.80. The molecule has 0 bridgehead atoms. The number of ether oxygens (including phenoxy) is 2. The first-order valence-corrected chi connectivity index (χ1v) is 11.3. The molecule has 2 N–H and O–H groups in total. The number of aromatic nitrogens is 1. The molecule has 7 nitrogen and oxygen atoms in total. The van der Waals surface area contributed by atoms with E-state index < -0.39 is 0 Å². The molecule has 0 saturated carbocycles. The Labute approximate surface area is 189 Å². The van der Waals surface area contributed by atoms with E-state index in [-0.39, 0.29) is 23.4 Å². The Morgan fingerprint density at radius 3 is 2.56 bits per heavy atom. The number of benzene rings is 1. The van der Waals surface area contributed by atoms with Crippen LogP contribution >= 0.6 is 0 Å². The number of amides is 1. The minimum atomic E-state index is -0.384. The second kappa shape index (κ2) is 11.1. The van der Waals surface area contributed by atoms with Gasteiger partial charge in [-0.1, -0.05) is 32.4 Å². The largest absolute Gasteiger partial charge is 0.490 e. The average molecular weight is 440 g/mol. The number of nitrogens with zero attached hydrogens (tertiary/aromatic N) is 1. The fourth-order valence-corrected chi connectivity index (χ4v) is 3.90. The molecule has 1 aromatic heterocycles. The molecule has 0 spiro atoms. The van der Waals surface area contributed by atoms with Crippen LogP contribution < -0.4 is 15.4 Å². The second-order valence-corrected chi connectivity index (χ2v) is 8.56. The maximum Gasteiger partial charge on any atom is 0.337 e. The summed E-state index contributed by atoms with van der Waals surface area (Å²) in [5.41, 5.74) is 1.23. The van der Waals surface area contributed by atoms with Crippen LogP contribution in [0.1, 0.15) is 55.5 Å². The lowest BCUT2D eigenvalue weighted by Crippen LogP contribution is -2.42. The molecule has 1 saturated heterocycles. The Balaban J connectivity index is 1.64. The zero-order valence-corrected chi connectivity index (χ0v) is 19.1. The Kier molecular flexibility index (Phi) is 8.22. The topological polar surface area (TPSA) is 89.6 Å². The van der Waals surface area contributed by atoms with Crippen LogP contribution in [0.4, 0.5) is 5.82 Å². The van der Waals surface area contributed by atoms with Gasteiger partial charge in [0.2, 0.25) is 5.91 Å².